The molecule has 1 unspecified atom stereocenters. The van der Waals surface area contributed by atoms with Crippen LogP contribution in [0.3, 0.4) is 0 Å². The standard InChI is InChI=1S/C13H21NO2S/c1-14(2)10-4-5-11-17(15)13-8-6-12(16-3)7-9-13/h6-9H,4-5,10-11H2,1-3H3. The van der Waals surface area contributed by atoms with E-state index in [1.807, 2.05) is 24.3 Å². The van der Waals surface area contributed by atoms with Crippen LogP contribution in [0.5, 0.6) is 5.75 Å². The van der Waals surface area contributed by atoms with Crippen molar-refractivity contribution in [2.24, 2.45) is 0 Å². The molecule has 4 heteroatoms. The SMILES string of the molecule is COc1ccc(S(=O)CCCCN(C)C)cc1. The maximum Gasteiger partial charge on any atom is 0.118 e. The van der Waals surface area contributed by atoms with E-state index in [0.717, 1.165) is 35.8 Å². The van der Waals surface area contributed by atoms with Crippen molar-refractivity contribution in [3.8, 4) is 5.75 Å². The molecule has 17 heavy (non-hydrogen) atoms. The van der Waals surface area contributed by atoms with E-state index in [2.05, 4.69) is 19.0 Å². The molecule has 1 aromatic rings. The summed E-state index contributed by atoms with van der Waals surface area (Å²) in [4.78, 5) is 3.03. The molecule has 0 spiro atoms. The number of hydrogen-bond donors (Lipinski definition) is 0. The Kier molecular flexibility index (Phi) is 6.22. The van der Waals surface area contributed by atoms with Gasteiger partial charge in [0, 0.05) is 10.6 Å². The monoisotopic (exact) mass is 255 g/mol. The lowest BCUT2D eigenvalue weighted by Crippen LogP contribution is -2.13. The van der Waals surface area contributed by atoms with Crippen LogP contribution in [0.15, 0.2) is 29.2 Å². The van der Waals surface area contributed by atoms with E-state index >= 15 is 0 Å². The van der Waals surface area contributed by atoms with Crippen molar-refractivity contribution in [2.45, 2.75) is 17.7 Å². The van der Waals surface area contributed by atoms with Crippen LogP contribution in [0.4, 0.5) is 0 Å². The second-order valence-electron chi connectivity index (χ2n) is 4.24. The Morgan fingerprint density at radius 3 is 2.35 bits per heavy atom. The third kappa shape index (κ3) is 5.33. The number of methoxy groups -OCH3 is 1. The minimum atomic E-state index is -0.882. The summed E-state index contributed by atoms with van der Waals surface area (Å²) in [5, 5.41) is 0. The summed E-state index contributed by atoms with van der Waals surface area (Å²) in [6.07, 6.45) is 2.09. The van der Waals surface area contributed by atoms with Crippen LogP contribution >= 0.6 is 0 Å². The summed E-state index contributed by atoms with van der Waals surface area (Å²) in [5.74, 6) is 1.54. The Morgan fingerprint density at radius 1 is 1.18 bits per heavy atom. The lowest BCUT2D eigenvalue weighted by atomic mass is 10.3. The first-order chi connectivity index (χ1) is 8.13. The molecule has 0 aliphatic rings. The summed E-state index contributed by atoms with van der Waals surface area (Å²) >= 11 is 0. The van der Waals surface area contributed by atoms with Gasteiger partial charge in [0.05, 0.1) is 17.9 Å². The summed E-state index contributed by atoms with van der Waals surface area (Å²) in [7, 11) is 4.86. The lowest BCUT2D eigenvalue weighted by Gasteiger charge is -2.08. The van der Waals surface area contributed by atoms with Crippen molar-refractivity contribution in [2.75, 3.05) is 33.5 Å². The molecule has 1 atom stereocenters. The van der Waals surface area contributed by atoms with Gasteiger partial charge in [-0.1, -0.05) is 0 Å². The molecule has 0 amide bonds. The smallest absolute Gasteiger partial charge is 0.118 e. The second-order valence-corrected chi connectivity index (χ2v) is 5.81. The van der Waals surface area contributed by atoms with E-state index < -0.39 is 10.8 Å². The second kappa shape index (κ2) is 7.45. The number of ether oxygens (including phenoxy) is 1. The molecule has 1 aromatic carbocycles. The van der Waals surface area contributed by atoms with Gasteiger partial charge < -0.3 is 9.64 Å². The average molecular weight is 255 g/mol. The maximum absolute atomic E-state index is 11.9. The van der Waals surface area contributed by atoms with Gasteiger partial charge in [-0.05, 0) is 57.7 Å². The molecule has 0 aromatic heterocycles. The summed E-state index contributed by atoms with van der Waals surface area (Å²) in [6, 6.07) is 7.46. The van der Waals surface area contributed by atoms with Crippen LogP contribution in [0, 0.1) is 0 Å². The fourth-order valence-corrected chi connectivity index (χ4v) is 2.65. The van der Waals surface area contributed by atoms with Gasteiger partial charge >= 0.3 is 0 Å². The molecule has 3 nitrogen and oxygen atoms in total. The normalized spacial score (nSPS) is 12.7. The molecule has 96 valence electrons. The van der Waals surface area contributed by atoms with Crippen molar-refractivity contribution < 1.29 is 8.95 Å². The van der Waals surface area contributed by atoms with E-state index in [0.29, 0.717) is 0 Å². The topological polar surface area (TPSA) is 29.5 Å². The van der Waals surface area contributed by atoms with Crippen molar-refractivity contribution in [3.05, 3.63) is 24.3 Å². The number of unbranched alkanes of at least 4 members (excludes halogenated alkanes) is 1. The number of hydrogen-bond acceptors (Lipinski definition) is 3. The van der Waals surface area contributed by atoms with Crippen LogP contribution in [-0.4, -0.2) is 42.6 Å². The molecule has 0 radical (unpaired) electrons. The van der Waals surface area contributed by atoms with E-state index in [1.165, 1.54) is 0 Å². The molecule has 0 aliphatic carbocycles. The third-order valence-corrected chi connectivity index (χ3v) is 3.96. The highest BCUT2D eigenvalue weighted by molar-refractivity contribution is 7.85. The number of rotatable bonds is 7. The fourth-order valence-electron chi connectivity index (χ4n) is 1.51. The largest absolute Gasteiger partial charge is 0.497 e. The van der Waals surface area contributed by atoms with Gasteiger partial charge in [0.15, 0.2) is 0 Å². The van der Waals surface area contributed by atoms with E-state index in [4.69, 9.17) is 4.74 Å². The van der Waals surface area contributed by atoms with Crippen molar-refractivity contribution in [3.63, 3.8) is 0 Å². The fraction of sp³-hybridized carbons (Fsp3) is 0.538. The Balaban J connectivity index is 2.36. The molecule has 0 N–H and O–H groups in total. The number of benzene rings is 1. The van der Waals surface area contributed by atoms with Crippen LogP contribution < -0.4 is 4.74 Å². The Bertz CT molecular complexity index is 349. The molecule has 0 aliphatic heterocycles. The van der Waals surface area contributed by atoms with Crippen molar-refractivity contribution >= 4 is 10.8 Å². The minimum absolute atomic E-state index is 0.736. The maximum atomic E-state index is 11.9. The molecular weight excluding hydrogens is 234 g/mol. The van der Waals surface area contributed by atoms with Crippen LogP contribution in [-0.2, 0) is 10.8 Å². The van der Waals surface area contributed by atoms with E-state index in [9.17, 15) is 4.21 Å². The quantitative estimate of drug-likeness (QED) is 0.699. The predicted molar refractivity (Wildman–Crippen MR) is 72.1 cm³/mol. The highest BCUT2D eigenvalue weighted by atomic mass is 32.2. The van der Waals surface area contributed by atoms with Gasteiger partial charge in [-0.25, -0.2) is 0 Å². The highest BCUT2D eigenvalue weighted by Gasteiger charge is 2.03. The van der Waals surface area contributed by atoms with E-state index in [-0.39, 0.29) is 0 Å². The Hall–Kier alpha value is -0.870. The van der Waals surface area contributed by atoms with Gasteiger partial charge in [-0.3, -0.25) is 4.21 Å². The van der Waals surface area contributed by atoms with Crippen LogP contribution in [0.2, 0.25) is 0 Å². The molecule has 0 heterocycles. The predicted octanol–water partition coefficient (Wildman–Crippen LogP) is 2.14. The first kappa shape index (κ1) is 14.2. The Labute approximate surface area is 106 Å². The molecule has 1 rings (SSSR count). The highest BCUT2D eigenvalue weighted by Crippen LogP contribution is 2.14. The summed E-state index contributed by atoms with van der Waals surface area (Å²) in [6.45, 7) is 1.06. The van der Waals surface area contributed by atoms with Gasteiger partial charge in [-0.2, -0.15) is 0 Å². The van der Waals surface area contributed by atoms with Crippen molar-refractivity contribution in [1.29, 1.82) is 0 Å². The minimum Gasteiger partial charge on any atom is -0.497 e. The van der Waals surface area contributed by atoms with Gasteiger partial charge in [0.2, 0.25) is 0 Å². The van der Waals surface area contributed by atoms with E-state index in [1.54, 1.807) is 7.11 Å². The lowest BCUT2D eigenvalue weighted by molar-refractivity contribution is 0.398. The average Bonchev–Trinajstić information content (AvgIpc) is 2.34. The first-order valence-electron chi connectivity index (χ1n) is 5.80. The van der Waals surface area contributed by atoms with Gasteiger partial charge in [0.25, 0.3) is 0 Å². The molecule has 0 saturated carbocycles. The third-order valence-electron chi connectivity index (χ3n) is 2.51. The van der Waals surface area contributed by atoms with Crippen LogP contribution in [0.25, 0.3) is 0 Å². The zero-order chi connectivity index (χ0) is 12.7. The first-order valence-corrected chi connectivity index (χ1v) is 7.12. The number of nitrogens with zero attached hydrogens (tertiary/aromatic N) is 1. The van der Waals surface area contributed by atoms with Crippen LogP contribution in [0.1, 0.15) is 12.8 Å². The molecule has 0 fully saturated rings. The zero-order valence-electron chi connectivity index (χ0n) is 10.8. The summed E-state index contributed by atoms with van der Waals surface area (Å²) in [5.41, 5.74) is 0. The van der Waals surface area contributed by atoms with Gasteiger partial charge in [0.1, 0.15) is 5.75 Å². The van der Waals surface area contributed by atoms with Crippen molar-refractivity contribution in [1.82, 2.24) is 4.90 Å². The summed E-state index contributed by atoms with van der Waals surface area (Å²) < 4.78 is 17.0. The zero-order valence-corrected chi connectivity index (χ0v) is 11.6. The molecule has 0 saturated heterocycles. The molecular formula is C13H21NO2S. The Morgan fingerprint density at radius 2 is 1.82 bits per heavy atom. The molecule has 0 bridgehead atoms. The van der Waals surface area contributed by atoms with Gasteiger partial charge in [-0.15, -0.1) is 0 Å².